The number of nitrogens with two attached hydrogens (primary N) is 1. The molecule has 1 heterocycles. The summed E-state index contributed by atoms with van der Waals surface area (Å²) in [5.74, 6) is 1.79. The molecule has 3 aromatic rings. The Kier molecular flexibility index (Phi) is 4.37. The normalized spacial score (nSPS) is 14.2. The molecule has 0 saturated heterocycles. The number of nitrogens with zero attached hydrogens (tertiary/aromatic N) is 2. The van der Waals surface area contributed by atoms with E-state index in [2.05, 4.69) is 39.6 Å². The summed E-state index contributed by atoms with van der Waals surface area (Å²) >= 11 is 0. The molecule has 4 rings (SSSR count). The maximum absolute atomic E-state index is 5.89. The van der Waals surface area contributed by atoms with Gasteiger partial charge in [0, 0.05) is 17.6 Å². The molecule has 1 aliphatic carbocycles. The van der Waals surface area contributed by atoms with Crippen LogP contribution in [0.5, 0.6) is 5.75 Å². The van der Waals surface area contributed by atoms with Crippen LogP contribution < -0.4 is 15.8 Å². The Balaban J connectivity index is 1.36. The number of hydrogen-bond donors (Lipinski definition) is 2. The summed E-state index contributed by atoms with van der Waals surface area (Å²) < 4.78 is 5.89. The minimum atomic E-state index is 0.422. The second-order valence-electron chi connectivity index (χ2n) is 6.49. The third-order valence-corrected chi connectivity index (χ3v) is 4.64. The highest BCUT2D eigenvalue weighted by molar-refractivity contribution is 5.91. The molecular formula is C20H22N4O. The largest absolute Gasteiger partial charge is 0.490 e. The van der Waals surface area contributed by atoms with Crippen molar-refractivity contribution in [3.63, 3.8) is 0 Å². The van der Waals surface area contributed by atoms with Crippen LogP contribution in [0, 0.1) is 0 Å². The van der Waals surface area contributed by atoms with Gasteiger partial charge in [0.1, 0.15) is 17.9 Å². The van der Waals surface area contributed by atoms with Crippen LogP contribution in [0.25, 0.3) is 10.9 Å². The number of anilines is 2. The molecule has 0 atom stereocenters. The van der Waals surface area contributed by atoms with Crippen molar-refractivity contribution in [2.75, 3.05) is 17.6 Å². The fraction of sp³-hybridized carbons (Fsp3) is 0.300. The fourth-order valence-corrected chi connectivity index (χ4v) is 2.96. The van der Waals surface area contributed by atoms with Gasteiger partial charge in [-0.1, -0.05) is 12.1 Å². The quantitative estimate of drug-likeness (QED) is 0.671. The van der Waals surface area contributed by atoms with Crippen molar-refractivity contribution < 1.29 is 4.74 Å². The van der Waals surface area contributed by atoms with Crippen molar-refractivity contribution in [2.24, 2.45) is 0 Å². The summed E-state index contributed by atoms with van der Waals surface area (Å²) in [5, 5.41) is 4.34. The topological polar surface area (TPSA) is 73.1 Å². The molecule has 0 amide bonds. The molecule has 0 aliphatic heterocycles. The van der Waals surface area contributed by atoms with Crippen LogP contribution in [0.1, 0.15) is 24.8 Å². The number of hydrogen-bond acceptors (Lipinski definition) is 5. The average molecular weight is 334 g/mol. The van der Waals surface area contributed by atoms with Crippen molar-refractivity contribution in [1.82, 2.24) is 9.97 Å². The zero-order chi connectivity index (χ0) is 17.1. The van der Waals surface area contributed by atoms with E-state index in [1.165, 1.54) is 24.8 Å². The summed E-state index contributed by atoms with van der Waals surface area (Å²) in [5.41, 5.74) is 8.76. The van der Waals surface area contributed by atoms with Crippen LogP contribution in [-0.2, 0) is 6.42 Å². The lowest BCUT2D eigenvalue weighted by Gasteiger charge is -2.26. The van der Waals surface area contributed by atoms with Crippen LogP contribution in [-0.4, -0.2) is 22.6 Å². The van der Waals surface area contributed by atoms with Gasteiger partial charge in [-0.15, -0.1) is 0 Å². The minimum Gasteiger partial charge on any atom is -0.490 e. The summed E-state index contributed by atoms with van der Waals surface area (Å²) in [6.45, 7) is 0.795. The first kappa shape index (κ1) is 15.7. The number of nitrogens with one attached hydrogen (secondary N) is 1. The first-order chi connectivity index (χ1) is 12.3. The summed E-state index contributed by atoms with van der Waals surface area (Å²) in [7, 11) is 0. The molecule has 1 aliphatic rings. The molecule has 0 radical (unpaired) electrons. The third kappa shape index (κ3) is 3.65. The van der Waals surface area contributed by atoms with Gasteiger partial charge in [0.25, 0.3) is 0 Å². The molecule has 25 heavy (non-hydrogen) atoms. The second-order valence-corrected chi connectivity index (χ2v) is 6.49. The summed E-state index contributed by atoms with van der Waals surface area (Å²) in [4.78, 5) is 8.62. The van der Waals surface area contributed by atoms with Crippen molar-refractivity contribution in [2.45, 2.75) is 31.8 Å². The number of aromatic nitrogens is 2. The van der Waals surface area contributed by atoms with Crippen molar-refractivity contribution in [3.05, 3.63) is 54.4 Å². The Hall–Kier alpha value is -2.82. The van der Waals surface area contributed by atoms with Crippen molar-refractivity contribution in [3.8, 4) is 5.75 Å². The second kappa shape index (κ2) is 6.97. The van der Waals surface area contributed by atoms with Gasteiger partial charge < -0.3 is 15.8 Å². The highest BCUT2D eigenvalue weighted by Crippen LogP contribution is 2.25. The molecule has 0 bridgehead atoms. The highest BCUT2D eigenvalue weighted by atomic mass is 16.5. The van der Waals surface area contributed by atoms with E-state index in [9.17, 15) is 0 Å². The lowest BCUT2D eigenvalue weighted by molar-refractivity contribution is 0.120. The van der Waals surface area contributed by atoms with Gasteiger partial charge in [0.15, 0.2) is 0 Å². The van der Waals surface area contributed by atoms with Gasteiger partial charge in [-0.05, 0) is 61.6 Å². The molecule has 1 fully saturated rings. The fourth-order valence-electron chi connectivity index (χ4n) is 2.96. The summed E-state index contributed by atoms with van der Waals surface area (Å²) in [6.07, 6.45) is 6.57. The molecule has 1 aromatic heterocycles. The van der Waals surface area contributed by atoms with E-state index in [1.54, 1.807) is 6.33 Å². The third-order valence-electron chi connectivity index (χ3n) is 4.64. The molecular weight excluding hydrogens is 312 g/mol. The smallest absolute Gasteiger partial charge is 0.137 e. The number of benzene rings is 2. The molecule has 3 N–H and O–H groups in total. The predicted molar refractivity (Wildman–Crippen MR) is 101 cm³/mol. The molecule has 0 unspecified atom stereocenters. The maximum atomic E-state index is 5.89. The molecule has 5 heteroatoms. The zero-order valence-corrected chi connectivity index (χ0v) is 14.1. The zero-order valence-electron chi connectivity index (χ0n) is 14.1. The van der Waals surface area contributed by atoms with Gasteiger partial charge in [0.2, 0.25) is 0 Å². The van der Waals surface area contributed by atoms with Crippen LogP contribution in [0.3, 0.4) is 0 Å². The van der Waals surface area contributed by atoms with E-state index in [-0.39, 0.29) is 0 Å². The molecule has 128 valence electrons. The first-order valence-electron chi connectivity index (χ1n) is 8.78. The van der Waals surface area contributed by atoms with Gasteiger partial charge in [0.05, 0.1) is 11.6 Å². The predicted octanol–water partition coefficient (Wildman–Crippen LogP) is 3.80. The number of nitrogen functional groups attached to an aromatic ring is 1. The van der Waals surface area contributed by atoms with Crippen molar-refractivity contribution >= 4 is 22.4 Å². The van der Waals surface area contributed by atoms with Gasteiger partial charge in [-0.3, -0.25) is 0 Å². The number of rotatable bonds is 6. The number of ether oxygens (including phenoxy) is 1. The monoisotopic (exact) mass is 334 g/mol. The Morgan fingerprint density at radius 2 is 1.92 bits per heavy atom. The van der Waals surface area contributed by atoms with E-state index in [0.29, 0.717) is 11.8 Å². The van der Waals surface area contributed by atoms with E-state index in [4.69, 9.17) is 10.5 Å². The van der Waals surface area contributed by atoms with E-state index in [1.807, 2.05) is 18.2 Å². The maximum Gasteiger partial charge on any atom is 0.137 e. The highest BCUT2D eigenvalue weighted by Gasteiger charge is 2.18. The average Bonchev–Trinajstić information content (AvgIpc) is 2.60. The van der Waals surface area contributed by atoms with Gasteiger partial charge in [-0.25, -0.2) is 9.97 Å². The Labute approximate surface area is 147 Å². The van der Waals surface area contributed by atoms with E-state index < -0.39 is 0 Å². The lowest BCUT2D eigenvalue weighted by Crippen LogP contribution is -2.24. The SMILES string of the molecule is Nc1ccc2ncnc(NCCc3ccc(OC4CCC4)cc3)c2c1. The first-order valence-corrected chi connectivity index (χ1v) is 8.78. The Morgan fingerprint density at radius 3 is 2.68 bits per heavy atom. The van der Waals surface area contributed by atoms with E-state index in [0.717, 1.165) is 35.4 Å². The number of fused-ring (bicyclic) bond motifs is 1. The Bertz CT molecular complexity index is 859. The summed E-state index contributed by atoms with van der Waals surface area (Å²) in [6, 6.07) is 14.1. The van der Waals surface area contributed by atoms with Gasteiger partial charge >= 0.3 is 0 Å². The van der Waals surface area contributed by atoms with Crippen LogP contribution >= 0.6 is 0 Å². The molecule has 1 saturated carbocycles. The standard InChI is InChI=1S/C20H22N4O/c21-15-6-9-19-18(12-15)20(24-13-23-19)22-11-10-14-4-7-17(8-5-14)25-16-2-1-3-16/h4-9,12-13,16H,1-3,10-11,21H2,(H,22,23,24). The minimum absolute atomic E-state index is 0.422. The molecule has 5 nitrogen and oxygen atoms in total. The van der Waals surface area contributed by atoms with Crippen molar-refractivity contribution in [1.29, 1.82) is 0 Å². The van der Waals surface area contributed by atoms with Gasteiger partial charge in [-0.2, -0.15) is 0 Å². The van der Waals surface area contributed by atoms with Crippen LogP contribution in [0.2, 0.25) is 0 Å². The Morgan fingerprint density at radius 1 is 1.08 bits per heavy atom. The molecule has 2 aromatic carbocycles. The van der Waals surface area contributed by atoms with Crippen LogP contribution in [0.4, 0.5) is 11.5 Å². The van der Waals surface area contributed by atoms with Crippen LogP contribution in [0.15, 0.2) is 48.8 Å². The lowest BCUT2D eigenvalue weighted by atomic mass is 9.96. The van der Waals surface area contributed by atoms with E-state index >= 15 is 0 Å². The molecule has 0 spiro atoms.